The molecule has 0 heterocycles. The molecule has 3 rings (SSSR count). The van der Waals surface area contributed by atoms with E-state index in [-0.39, 0.29) is 11.9 Å². The van der Waals surface area contributed by atoms with Crippen LogP contribution in [0.4, 0.5) is 0 Å². The van der Waals surface area contributed by atoms with Gasteiger partial charge in [-0.15, -0.1) is 0 Å². The molecule has 152 valence electrons. The van der Waals surface area contributed by atoms with Crippen LogP contribution in [-0.4, -0.2) is 19.2 Å². The number of ether oxygens (including phenoxy) is 1. The molecule has 0 radical (unpaired) electrons. The van der Waals surface area contributed by atoms with Crippen LogP contribution >= 0.6 is 26.3 Å². The summed E-state index contributed by atoms with van der Waals surface area (Å²) in [5.74, 6) is 0.125. The Morgan fingerprint density at radius 3 is 1.55 bits per heavy atom. The molecule has 0 aromatic heterocycles. The van der Waals surface area contributed by atoms with Gasteiger partial charge in [0.25, 0.3) is 0 Å². The summed E-state index contributed by atoms with van der Waals surface area (Å²) in [7, 11) is 1.46. The number of esters is 1. The van der Waals surface area contributed by atoms with E-state index in [0.717, 1.165) is 12.6 Å². The van der Waals surface area contributed by atoms with E-state index in [9.17, 15) is 4.79 Å². The molecule has 29 heavy (non-hydrogen) atoms. The first-order valence-electron chi connectivity index (χ1n) is 9.95. The first kappa shape index (κ1) is 22.0. The van der Waals surface area contributed by atoms with Gasteiger partial charge in [0.15, 0.2) is 0 Å². The molecule has 0 amide bonds. The summed E-state index contributed by atoms with van der Waals surface area (Å²) < 4.78 is 2.16. The molecule has 0 aliphatic rings. The third-order valence-corrected chi connectivity index (χ3v) is 17.4. The summed E-state index contributed by atoms with van der Waals surface area (Å²) in [6.07, 6.45) is 2.41. The predicted molar refractivity (Wildman–Crippen MR) is 134 cm³/mol. The summed E-state index contributed by atoms with van der Waals surface area (Å²) in [6, 6.07) is 32.7. The molecular weight excluding hydrogens is 490 g/mol. The van der Waals surface area contributed by atoms with E-state index in [1.54, 1.807) is 0 Å². The average Bonchev–Trinajstić information content (AvgIpc) is 2.79. The van der Waals surface area contributed by atoms with Gasteiger partial charge in [0.2, 0.25) is 0 Å². The molecule has 0 N–H and O–H groups in total. The molecule has 2 nitrogen and oxygen atoms in total. The Balaban J connectivity index is 2.18. The topological polar surface area (TPSA) is 26.3 Å². The molecule has 3 aromatic rings. The fraction of sp³-hybridized carbons (Fsp3) is 0.240. The Bertz CT molecular complexity index is 829. The molecule has 0 fully saturated rings. The molecule has 1 atom stereocenters. The van der Waals surface area contributed by atoms with Gasteiger partial charge in [0.05, 0.1) is 0 Å². The summed E-state index contributed by atoms with van der Waals surface area (Å²) in [6.45, 7) is 2.15. The number of rotatable bonds is 8. The van der Waals surface area contributed by atoms with Gasteiger partial charge in [0.1, 0.15) is 0 Å². The second-order valence-corrected chi connectivity index (χ2v) is 18.3. The van der Waals surface area contributed by atoms with Crippen LogP contribution in [0.3, 0.4) is 0 Å². The minimum absolute atomic E-state index is 0.134. The van der Waals surface area contributed by atoms with Crippen molar-refractivity contribution in [3.63, 3.8) is 0 Å². The number of halogens is 1. The molecule has 0 spiro atoms. The van der Waals surface area contributed by atoms with Gasteiger partial charge in [-0.2, -0.15) is 0 Å². The number of hydrogen-bond donors (Lipinski definition) is 0. The monoisotopic (exact) mass is 518 g/mol. The first-order chi connectivity index (χ1) is 14.0. The number of carbonyl (C=O) groups excluding carboxylic acids is 1. The zero-order valence-corrected chi connectivity index (χ0v) is 20.1. The van der Waals surface area contributed by atoms with E-state index in [1.807, 2.05) is 0 Å². The van der Waals surface area contributed by atoms with Gasteiger partial charge < -0.3 is 0 Å². The Kier molecular flexibility index (Phi) is 7.13. The van der Waals surface area contributed by atoms with Crippen molar-refractivity contribution in [1.29, 1.82) is 0 Å². The predicted octanol–water partition coefficient (Wildman–Crippen LogP) is 5.46. The van der Waals surface area contributed by atoms with Crippen molar-refractivity contribution in [3.8, 4) is 0 Å². The third kappa shape index (κ3) is 4.41. The second-order valence-electron chi connectivity index (χ2n) is 7.59. The van der Waals surface area contributed by atoms with Crippen LogP contribution in [0.25, 0.3) is 0 Å². The van der Waals surface area contributed by atoms with Crippen molar-refractivity contribution in [2.75, 3.05) is 13.3 Å². The second kappa shape index (κ2) is 9.40. The van der Waals surface area contributed by atoms with Crippen molar-refractivity contribution >= 4 is 48.2 Å². The van der Waals surface area contributed by atoms with Gasteiger partial charge in [-0.1, -0.05) is 0 Å². The Labute approximate surface area is 187 Å². The minimum atomic E-state index is -2.74. The van der Waals surface area contributed by atoms with E-state index in [0.29, 0.717) is 6.42 Å². The number of benzene rings is 3. The summed E-state index contributed by atoms with van der Waals surface area (Å²) in [4.78, 5) is 11.8. The normalized spacial score (nSPS) is 13.8. The molecule has 0 saturated heterocycles. The van der Waals surface area contributed by atoms with Crippen LogP contribution in [-0.2, 0) is 9.53 Å². The molecule has 0 aliphatic carbocycles. The molecular formula is C25H28IO2P. The Morgan fingerprint density at radius 1 is 0.828 bits per heavy atom. The third-order valence-electron chi connectivity index (χ3n) is 5.67. The van der Waals surface area contributed by atoms with Gasteiger partial charge >= 0.3 is 188 Å². The summed E-state index contributed by atoms with van der Waals surface area (Å²) in [5.41, 5.74) is 0. The van der Waals surface area contributed by atoms with Gasteiger partial charge in [-0.05, 0) is 0 Å². The molecule has 0 saturated carbocycles. The maximum absolute atomic E-state index is 11.8. The summed E-state index contributed by atoms with van der Waals surface area (Å²) >= 11 is 2.80. The van der Waals surface area contributed by atoms with E-state index >= 15 is 0 Å². The van der Waals surface area contributed by atoms with Gasteiger partial charge in [-0.25, -0.2) is 0 Å². The van der Waals surface area contributed by atoms with Crippen molar-refractivity contribution in [2.45, 2.75) is 19.8 Å². The molecule has 0 aliphatic heterocycles. The van der Waals surface area contributed by atoms with Gasteiger partial charge in [-0.3, -0.25) is 0 Å². The molecule has 0 bridgehead atoms. The fourth-order valence-corrected chi connectivity index (χ4v) is 12.7. The number of hydrogen-bond acceptors (Lipinski definition) is 2. The van der Waals surface area contributed by atoms with Crippen LogP contribution in [0.1, 0.15) is 19.8 Å². The quantitative estimate of drug-likeness (QED) is 0.225. The first-order valence-corrected chi connectivity index (χ1v) is 15.2. The van der Waals surface area contributed by atoms with Crippen LogP contribution in [0.15, 0.2) is 91.0 Å². The van der Waals surface area contributed by atoms with Crippen LogP contribution < -0.4 is 15.9 Å². The van der Waals surface area contributed by atoms with E-state index < -0.39 is 4.25 Å². The summed E-state index contributed by atoms with van der Waals surface area (Å²) in [5, 5.41) is 4.13. The van der Waals surface area contributed by atoms with Crippen molar-refractivity contribution in [3.05, 3.63) is 91.0 Å². The Hall–Kier alpha value is -1.71. The van der Waals surface area contributed by atoms with Crippen LogP contribution in [0.2, 0.25) is 0 Å². The van der Waals surface area contributed by atoms with E-state index in [2.05, 4.69) is 120 Å². The SMILES string of the molecule is COC(=O)CC(C)CCP(I)(c1ccccc1)(c1ccccc1)c1ccccc1. The fourth-order valence-electron chi connectivity index (χ4n) is 3.98. The molecule has 1 unspecified atom stereocenters. The van der Waals surface area contributed by atoms with Crippen molar-refractivity contribution < 1.29 is 9.53 Å². The Morgan fingerprint density at radius 2 is 1.21 bits per heavy atom. The van der Waals surface area contributed by atoms with E-state index in [4.69, 9.17) is 4.74 Å². The number of methoxy groups -OCH3 is 1. The molecule has 4 heteroatoms. The maximum atomic E-state index is 11.8. The zero-order valence-electron chi connectivity index (χ0n) is 17.0. The standard InChI is InChI=1S/C25H28IO2P/c1-21(20-25(27)28-2)18-19-29(26,22-12-6-3-7-13-22,23-14-8-4-9-15-23)24-16-10-5-11-17-24/h3-17,21H,18-20H2,1-2H3. The van der Waals surface area contributed by atoms with E-state index in [1.165, 1.54) is 23.0 Å². The van der Waals surface area contributed by atoms with Crippen LogP contribution in [0, 0.1) is 5.92 Å². The average molecular weight is 518 g/mol. The van der Waals surface area contributed by atoms with Crippen LogP contribution in [0.5, 0.6) is 0 Å². The number of carbonyl (C=O) groups is 1. The van der Waals surface area contributed by atoms with Crippen molar-refractivity contribution in [2.24, 2.45) is 5.92 Å². The van der Waals surface area contributed by atoms with Crippen molar-refractivity contribution in [1.82, 2.24) is 0 Å². The molecule has 3 aromatic carbocycles. The zero-order chi connectivity index (χ0) is 20.8. The van der Waals surface area contributed by atoms with Gasteiger partial charge in [0, 0.05) is 0 Å².